The van der Waals surface area contributed by atoms with Gasteiger partial charge < -0.3 is 9.88 Å². The second-order valence-electron chi connectivity index (χ2n) is 6.40. The Morgan fingerprint density at radius 2 is 2.15 bits per heavy atom. The van der Waals surface area contributed by atoms with Crippen molar-refractivity contribution in [2.45, 2.75) is 26.4 Å². The summed E-state index contributed by atoms with van der Waals surface area (Å²) in [6, 6.07) is 2.15. The Morgan fingerprint density at radius 1 is 1.35 bits per heavy atom. The number of likely N-dealkylation sites (tertiary alicyclic amines) is 1. The minimum Gasteiger partial charge on any atom is -0.334 e. The van der Waals surface area contributed by atoms with Gasteiger partial charge in [0, 0.05) is 25.0 Å². The highest BCUT2D eigenvalue weighted by Crippen LogP contribution is 2.23. The lowest BCUT2D eigenvalue weighted by Gasteiger charge is -2.39. The van der Waals surface area contributed by atoms with Crippen molar-refractivity contribution in [2.75, 3.05) is 13.1 Å². The fraction of sp³-hybridized carbons (Fsp3) is 0.375. The maximum atomic E-state index is 12.6. The molecule has 0 spiro atoms. The predicted molar refractivity (Wildman–Crippen MR) is 90.6 cm³/mol. The summed E-state index contributed by atoms with van der Waals surface area (Å²) in [5.74, 6) is 0.102. The van der Waals surface area contributed by atoms with Crippen molar-refractivity contribution >= 4 is 5.91 Å². The smallest absolute Gasteiger partial charge is 0.263 e. The first-order valence-electron chi connectivity index (χ1n) is 8.24. The van der Waals surface area contributed by atoms with Crippen LogP contribution in [-0.2, 0) is 6.54 Å². The van der Waals surface area contributed by atoms with Crippen molar-refractivity contribution < 1.29 is 4.79 Å². The normalized spacial score (nSPS) is 14.5. The van der Waals surface area contributed by atoms with Crippen molar-refractivity contribution in [3.05, 3.63) is 58.0 Å². The molecule has 0 unspecified atom stereocenters. The van der Waals surface area contributed by atoms with Gasteiger partial charge in [-0.2, -0.15) is 10.2 Å². The van der Waals surface area contributed by atoms with Crippen molar-refractivity contribution in [3.63, 3.8) is 0 Å². The number of hydrogen-bond acceptors (Lipinski definition) is 6. The molecule has 10 nitrogen and oxygen atoms in total. The van der Waals surface area contributed by atoms with Crippen LogP contribution < -0.4 is 5.56 Å². The second-order valence-corrected chi connectivity index (χ2v) is 6.40. The van der Waals surface area contributed by atoms with Crippen LogP contribution in [0.2, 0.25) is 0 Å². The average molecular weight is 354 g/mol. The summed E-state index contributed by atoms with van der Waals surface area (Å²) in [7, 11) is 0. The van der Waals surface area contributed by atoms with Crippen LogP contribution in [0.4, 0.5) is 0 Å². The SMILES string of the molecule is Cc1cc(C)n(C2CN(C(=O)c3cnc(Cn4cncn4)[nH]c3=O)C2)n1. The molecular formula is C16H18N8O2. The number of amides is 1. The number of carbonyl (C=O) groups excluding carboxylic acids is 1. The minimum atomic E-state index is -0.449. The molecule has 10 heteroatoms. The molecule has 1 aliphatic heterocycles. The van der Waals surface area contributed by atoms with E-state index in [1.165, 1.54) is 23.5 Å². The van der Waals surface area contributed by atoms with E-state index in [9.17, 15) is 9.59 Å². The molecule has 134 valence electrons. The number of rotatable bonds is 4. The van der Waals surface area contributed by atoms with Gasteiger partial charge in [0.2, 0.25) is 0 Å². The molecular weight excluding hydrogens is 336 g/mol. The van der Waals surface area contributed by atoms with Crippen molar-refractivity contribution in [1.29, 1.82) is 0 Å². The summed E-state index contributed by atoms with van der Waals surface area (Å²) in [5.41, 5.74) is 1.61. The van der Waals surface area contributed by atoms with Crippen LogP contribution in [0.5, 0.6) is 0 Å². The van der Waals surface area contributed by atoms with Crippen molar-refractivity contribution in [3.8, 4) is 0 Å². The molecule has 0 radical (unpaired) electrons. The summed E-state index contributed by atoms with van der Waals surface area (Å²) in [4.78, 5) is 37.1. The van der Waals surface area contributed by atoms with Crippen molar-refractivity contribution in [1.82, 2.24) is 39.4 Å². The quantitative estimate of drug-likeness (QED) is 0.701. The highest BCUT2D eigenvalue weighted by Gasteiger charge is 2.34. The molecule has 1 N–H and O–H groups in total. The third kappa shape index (κ3) is 2.89. The van der Waals surface area contributed by atoms with Crippen LogP contribution in [0.3, 0.4) is 0 Å². The molecule has 4 heterocycles. The average Bonchev–Trinajstić information content (AvgIpc) is 3.16. The lowest BCUT2D eigenvalue weighted by Crippen LogP contribution is -2.52. The fourth-order valence-corrected chi connectivity index (χ4v) is 3.09. The first kappa shape index (κ1) is 16.2. The molecule has 0 aromatic carbocycles. The molecule has 1 aliphatic rings. The molecule has 3 aromatic heterocycles. The Balaban J connectivity index is 1.44. The van der Waals surface area contributed by atoms with E-state index in [4.69, 9.17) is 0 Å². The number of hydrogen-bond donors (Lipinski definition) is 1. The zero-order valence-corrected chi connectivity index (χ0v) is 14.5. The summed E-state index contributed by atoms with van der Waals surface area (Å²) in [6.45, 7) is 5.28. The van der Waals surface area contributed by atoms with Gasteiger partial charge in [-0.3, -0.25) is 14.3 Å². The molecule has 0 aliphatic carbocycles. The van der Waals surface area contributed by atoms with Gasteiger partial charge in [-0.25, -0.2) is 14.6 Å². The van der Waals surface area contributed by atoms with E-state index >= 15 is 0 Å². The van der Waals surface area contributed by atoms with E-state index < -0.39 is 5.56 Å². The van der Waals surface area contributed by atoms with E-state index in [1.807, 2.05) is 24.6 Å². The monoisotopic (exact) mass is 354 g/mol. The Kier molecular flexibility index (Phi) is 3.86. The first-order chi connectivity index (χ1) is 12.5. The van der Waals surface area contributed by atoms with Crippen LogP contribution in [0.25, 0.3) is 0 Å². The standard InChI is InChI=1S/C16H18N8O2/c1-10-3-11(2)24(21-10)12-5-22(6-12)16(26)13-4-18-14(20-15(13)25)7-23-9-17-8-19-23/h3-4,8-9,12H,5-7H2,1-2H3,(H,18,20,25). The summed E-state index contributed by atoms with van der Waals surface area (Å²) in [5, 5.41) is 8.40. The molecule has 0 saturated carbocycles. The molecule has 1 amide bonds. The lowest BCUT2D eigenvalue weighted by atomic mass is 10.1. The molecule has 26 heavy (non-hydrogen) atoms. The Morgan fingerprint density at radius 3 is 2.77 bits per heavy atom. The van der Waals surface area contributed by atoms with Crippen LogP contribution >= 0.6 is 0 Å². The maximum absolute atomic E-state index is 12.6. The predicted octanol–water partition coefficient (Wildman–Crippen LogP) is -0.0799. The Hall–Kier alpha value is -3.30. The highest BCUT2D eigenvalue weighted by atomic mass is 16.2. The van der Waals surface area contributed by atoms with Crippen molar-refractivity contribution in [2.24, 2.45) is 0 Å². The molecule has 1 fully saturated rings. The van der Waals surface area contributed by atoms with Gasteiger partial charge in [0.15, 0.2) is 0 Å². The van der Waals surface area contributed by atoms with E-state index in [2.05, 4.69) is 25.1 Å². The maximum Gasteiger partial charge on any atom is 0.263 e. The molecule has 4 rings (SSSR count). The number of nitrogens with one attached hydrogen (secondary N) is 1. The van der Waals surface area contributed by atoms with Crippen LogP contribution in [0.1, 0.15) is 33.6 Å². The zero-order valence-electron chi connectivity index (χ0n) is 14.5. The van der Waals surface area contributed by atoms with Crippen LogP contribution in [0, 0.1) is 13.8 Å². The molecule has 0 atom stereocenters. The Bertz CT molecular complexity index is 998. The van der Waals surface area contributed by atoms with Gasteiger partial charge in [-0.1, -0.05) is 0 Å². The fourth-order valence-electron chi connectivity index (χ4n) is 3.09. The van der Waals surface area contributed by atoms with Gasteiger partial charge in [0.25, 0.3) is 11.5 Å². The molecule has 0 bridgehead atoms. The van der Waals surface area contributed by atoms with Gasteiger partial charge >= 0.3 is 0 Å². The van der Waals surface area contributed by atoms with Gasteiger partial charge in [0.05, 0.1) is 11.7 Å². The highest BCUT2D eigenvalue weighted by molar-refractivity contribution is 5.94. The Labute approximate surface area is 148 Å². The molecule has 3 aromatic rings. The number of carbonyl (C=O) groups is 1. The third-order valence-corrected chi connectivity index (χ3v) is 4.40. The van der Waals surface area contributed by atoms with E-state index in [-0.39, 0.29) is 24.1 Å². The second kappa shape index (κ2) is 6.21. The first-order valence-corrected chi connectivity index (χ1v) is 8.24. The van der Waals surface area contributed by atoms with Crippen LogP contribution in [0.15, 0.2) is 29.7 Å². The van der Waals surface area contributed by atoms with Gasteiger partial charge in [-0.15, -0.1) is 0 Å². The van der Waals surface area contributed by atoms with E-state index in [0.717, 1.165) is 11.4 Å². The van der Waals surface area contributed by atoms with Crippen LogP contribution in [-0.4, -0.2) is 58.4 Å². The van der Waals surface area contributed by atoms with E-state index in [0.29, 0.717) is 18.9 Å². The minimum absolute atomic E-state index is 0.0409. The lowest BCUT2D eigenvalue weighted by molar-refractivity contribution is 0.0495. The summed E-state index contributed by atoms with van der Waals surface area (Å²) >= 11 is 0. The summed E-state index contributed by atoms with van der Waals surface area (Å²) < 4.78 is 3.47. The number of H-pyrrole nitrogens is 1. The third-order valence-electron chi connectivity index (χ3n) is 4.40. The topological polar surface area (TPSA) is 115 Å². The number of aryl methyl sites for hydroxylation is 2. The zero-order chi connectivity index (χ0) is 18.3. The largest absolute Gasteiger partial charge is 0.334 e. The molecule has 1 saturated heterocycles. The number of aromatic amines is 1. The van der Waals surface area contributed by atoms with E-state index in [1.54, 1.807) is 4.90 Å². The number of aromatic nitrogens is 7. The number of nitrogens with zero attached hydrogens (tertiary/aromatic N) is 7. The summed E-state index contributed by atoms with van der Waals surface area (Å²) in [6.07, 6.45) is 4.25. The van der Waals surface area contributed by atoms with Gasteiger partial charge in [-0.05, 0) is 19.9 Å². The van der Waals surface area contributed by atoms with Gasteiger partial charge in [0.1, 0.15) is 30.6 Å².